The summed E-state index contributed by atoms with van der Waals surface area (Å²) in [5.41, 5.74) is 1.38. The lowest BCUT2D eigenvalue weighted by molar-refractivity contribution is -0.153. The summed E-state index contributed by atoms with van der Waals surface area (Å²) in [7, 11) is 0. The molecule has 0 spiro atoms. The minimum absolute atomic E-state index is 0.0142. The van der Waals surface area contributed by atoms with Gasteiger partial charge in [-0.25, -0.2) is 0 Å². The van der Waals surface area contributed by atoms with Crippen molar-refractivity contribution in [3.05, 3.63) is 11.6 Å². The quantitative estimate of drug-likeness (QED) is 0.571. The number of carbonyl (C=O) groups excluding carboxylic acids is 1. The van der Waals surface area contributed by atoms with Crippen LogP contribution in [0.5, 0.6) is 0 Å². The van der Waals surface area contributed by atoms with Crippen molar-refractivity contribution in [2.45, 2.75) is 39.2 Å². The molecule has 0 aromatic carbocycles. The third-order valence-corrected chi connectivity index (χ3v) is 4.58. The first-order chi connectivity index (χ1) is 8.39. The van der Waals surface area contributed by atoms with Gasteiger partial charge in [0, 0.05) is 5.92 Å². The maximum atomic E-state index is 12.0. The molecule has 18 heavy (non-hydrogen) atoms. The third-order valence-electron chi connectivity index (χ3n) is 4.58. The molecule has 1 aliphatic heterocycles. The largest absolute Gasteiger partial charge is 0.481 e. The Hall–Kier alpha value is -1.32. The van der Waals surface area contributed by atoms with Crippen molar-refractivity contribution in [3.63, 3.8) is 0 Å². The second-order valence-corrected chi connectivity index (χ2v) is 6.53. The maximum absolute atomic E-state index is 12.0. The van der Waals surface area contributed by atoms with Gasteiger partial charge in [0.05, 0.1) is 11.8 Å². The normalized spacial score (nSPS) is 40.8. The van der Waals surface area contributed by atoms with E-state index in [1.807, 2.05) is 6.08 Å². The second-order valence-electron chi connectivity index (χ2n) is 6.53. The van der Waals surface area contributed by atoms with E-state index in [0.717, 1.165) is 12.8 Å². The fourth-order valence-corrected chi connectivity index (χ4v) is 3.91. The van der Waals surface area contributed by atoms with Crippen molar-refractivity contribution in [2.24, 2.45) is 23.2 Å². The van der Waals surface area contributed by atoms with Crippen LogP contribution in [0.15, 0.2) is 11.6 Å². The zero-order valence-electron chi connectivity index (χ0n) is 10.7. The van der Waals surface area contributed by atoms with E-state index in [-0.39, 0.29) is 23.4 Å². The molecule has 0 bridgehead atoms. The number of carboxylic acids is 1. The minimum Gasteiger partial charge on any atom is -0.481 e. The van der Waals surface area contributed by atoms with E-state index < -0.39 is 17.8 Å². The molecule has 4 nitrogen and oxygen atoms in total. The smallest absolute Gasteiger partial charge is 0.310 e. The molecule has 2 fully saturated rings. The molecular formula is C14H18O4. The summed E-state index contributed by atoms with van der Waals surface area (Å²) in [6.07, 6.45) is 4.18. The number of rotatable bonds is 1. The van der Waals surface area contributed by atoms with Crippen molar-refractivity contribution in [1.82, 2.24) is 0 Å². The van der Waals surface area contributed by atoms with E-state index in [0.29, 0.717) is 6.42 Å². The highest BCUT2D eigenvalue weighted by Gasteiger charge is 2.56. The van der Waals surface area contributed by atoms with E-state index in [9.17, 15) is 14.7 Å². The van der Waals surface area contributed by atoms with Gasteiger partial charge in [-0.05, 0) is 24.7 Å². The molecular weight excluding hydrogens is 232 g/mol. The fourth-order valence-electron chi connectivity index (χ4n) is 3.91. The average molecular weight is 250 g/mol. The lowest BCUT2D eigenvalue weighted by Crippen LogP contribution is -2.41. The highest BCUT2D eigenvalue weighted by atomic mass is 16.6. The van der Waals surface area contributed by atoms with Gasteiger partial charge in [0.25, 0.3) is 0 Å². The van der Waals surface area contributed by atoms with Crippen molar-refractivity contribution in [2.75, 3.05) is 0 Å². The predicted octanol–water partition coefficient (Wildman–Crippen LogP) is 2.00. The van der Waals surface area contributed by atoms with Crippen molar-refractivity contribution in [1.29, 1.82) is 0 Å². The third kappa shape index (κ3) is 1.58. The molecule has 4 heteroatoms. The van der Waals surface area contributed by atoms with Crippen LogP contribution in [0.2, 0.25) is 0 Å². The Morgan fingerprint density at radius 1 is 1.44 bits per heavy atom. The van der Waals surface area contributed by atoms with Crippen LogP contribution < -0.4 is 0 Å². The maximum Gasteiger partial charge on any atom is 0.310 e. The van der Waals surface area contributed by atoms with Gasteiger partial charge in [0.2, 0.25) is 0 Å². The van der Waals surface area contributed by atoms with Gasteiger partial charge in [-0.3, -0.25) is 9.59 Å². The molecule has 2 aliphatic carbocycles. The number of aliphatic carboxylic acids is 1. The van der Waals surface area contributed by atoms with E-state index in [1.165, 1.54) is 5.57 Å². The van der Waals surface area contributed by atoms with E-state index in [1.54, 1.807) is 0 Å². The molecule has 0 aromatic heterocycles. The number of hydrogen-bond acceptors (Lipinski definition) is 3. The number of esters is 1. The number of carbonyl (C=O) groups is 2. The Morgan fingerprint density at radius 3 is 2.83 bits per heavy atom. The van der Waals surface area contributed by atoms with Gasteiger partial charge in [-0.2, -0.15) is 0 Å². The molecule has 98 valence electrons. The Labute approximate surface area is 106 Å². The van der Waals surface area contributed by atoms with Crippen LogP contribution in [0.1, 0.15) is 33.1 Å². The first-order valence-electron chi connectivity index (χ1n) is 6.51. The topological polar surface area (TPSA) is 63.6 Å². The zero-order chi connectivity index (χ0) is 13.1. The van der Waals surface area contributed by atoms with Gasteiger partial charge in [0.1, 0.15) is 6.10 Å². The number of allylic oxidation sites excluding steroid dienone is 1. The Kier molecular flexibility index (Phi) is 2.34. The standard InChI is InChI=1S/C14H18O4/c1-14(2)5-7-3-4-8(12(15)16)11-10(7)9(6-14)18-13(11)17/h3,8-11H,4-6H2,1-2H3,(H,15,16)/t8-,9-,10-,11-/m1/s1. The molecule has 0 unspecified atom stereocenters. The highest BCUT2D eigenvalue weighted by Crippen LogP contribution is 2.53. The molecule has 1 saturated carbocycles. The molecule has 4 atom stereocenters. The van der Waals surface area contributed by atoms with Crippen molar-refractivity contribution >= 4 is 11.9 Å². The predicted molar refractivity (Wildman–Crippen MR) is 63.7 cm³/mol. The lowest BCUT2D eigenvalue weighted by atomic mass is 9.61. The van der Waals surface area contributed by atoms with Crippen LogP contribution >= 0.6 is 0 Å². The molecule has 1 N–H and O–H groups in total. The van der Waals surface area contributed by atoms with E-state index in [4.69, 9.17) is 4.74 Å². The van der Waals surface area contributed by atoms with Crippen LogP contribution in [0.3, 0.4) is 0 Å². The van der Waals surface area contributed by atoms with Gasteiger partial charge in [-0.15, -0.1) is 0 Å². The fraction of sp³-hybridized carbons (Fsp3) is 0.714. The van der Waals surface area contributed by atoms with Crippen molar-refractivity contribution < 1.29 is 19.4 Å². The molecule has 1 saturated heterocycles. The average Bonchev–Trinajstić information content (AvgIpc) is 2.55. The van der Waals surface area contributed by atoms with Crippen LogP contribution in [0.25, 0.3) is 0 Å². The molecule has 3 rings (SSSR count). The molecule has 0 amide bonds. The summed E-state index contributed by atoms with van der Waals surface area (Å²) < 4.78 is 5.45. The van der Waals surface area contributed by atoms with Gasteiger partial charge >= 0.3 is 11.9 Å². The minimum atomic E-state index is -0.877. The monoisotopic (exact) mass is 250 g/mol. The SMILES string of the molecule is CC1(C)CC2=CC[C@@H](C(=O)O)[C@H]3C(=O)O[C@H](C1)[C@@H]23. The first kappa shape index (κ1) is 11.8. The summed E-state index contributed by atoms with van der Waals surface area (Å²) in [5, 5.41) is 9.23. The van der Waals surface area contributed by atoms with Crippen LogP contribution in [-0.2, 0) is 14.3 Å². The lowest BCUT2D eigenvalue weighted by Gasteiger charge is -2.41. The van der Waals surface area contributed by atoms with Crippen LogP contribution in [-0.4, -0.2) is 23.1 Å². The summed E-state index contributed by atoms with van der Waals surface area (Å²) in [4.78, 5) is 23.2. The van der Waals surface area contributed by atoms with Crippen LogP contribution in [0, 0.1) is 23.2 Å². The Bertz CT molecular complexity index is 449. The molecule has 0 radical (unpaired) electrons. The molecule has 0 aromatic rings. The summed E-state index contributed by atoms with van der Waals surface area (Å²) >= 11 is 0. The number of carboxylic acid groups (broad SMARTS) is 1. The summed E-state index contributed by atoms with van der Waals surface area (Å²) in [6.45, 7) is 4.35. The number of ether oxygens (including phenoxy) is 1. The first-order valence-corrected chi connectivity index (χ1v) is 6.51. The van der Waals surface area contributed by atoms with Crippen molar-refractivity contribution in [3.8, 4) is 0 Å². The van der Waals surface area contributed by atoms with Gasteiger partial charge < -0.3 is 9.84 Å². The number of hydrogen-bond donors (Lipinski definition) is 1. The Morgan fingerprint density at radius 2 is 2.17 bits per heavy atom. The zero-order valence-corrected chi connectivity index (χ0v) is 10.7. The highest BCUT2D eigenvalue weighted by molar-refractivity contribution is 5.84. The van der Waals surface area contributed by atoms with E-state index >= 15 is 0 Å². The molecule has 3 aliphatic rings. The van der Waals surface area contributed by atoms with Crippen LogP contribution in [0.4, 0.5) is 0 Å². The Balaban J connectivity index is 2.00. The van der Waals surface area contributed by atoms with Gasteiger partial charge in [0.15, 0.2) is 0 Å². The van der Waals surface area contributed by atoms with E-state index in [2.05, 4.69) is 13.8 Å². The summed E-state index contributed by atoms with van der Waals surface area (Å²) in [6, 6.07) is 0. The molecule has 1 heterocycles. The van der Waals surface area contributed by atoms with Gasteiger partial charge in [-0.1, -0.05) is 25.5 Å². The second kappa shape index (κ2) is 3.59. The summed E-state index contributed by atoms with van der Waals surface area (Å²) in [5.74, 6) is -2.22.